The van der Waals surface area contributed by atoms with E-state index >= 15 is 0 Å². The minimum Gasteiger partial charge on any atom is -0.455 e. The van der Waals surface area contributed by atoms with E-state index < -0.39 is 10.0 Å². The second-order valence-corrected chi connectivity index (χ2v) is 18.4. The molecule has 0 atom stereocenters. The summed E-state index contributed by atoms with van der Waals surface area (Å²) in [6.07, 6.45) is 4.89. The highest BCUT2D eigenvalue weighted by Crippen LogP contribution is 2.71. The molecule has 2 nitrogen and oxygen atoms in total. The Bertz CT molecular complexity index is 3110. The Morgan fingerprint density at radius 1 is 0.436 bits per heavy atom. The zero-order valence-electron chi connectivity index (χ0n) is 30.7. The molecule has 0 fully saturated rings. The molecule has 0 unspecified atom stereocenters. The van der Waals surface area contributed by atoms with Gasteiger partial charge in [-0.05, 0) is 111 Å². The number of para-hydroxylation sites is 1. The Morgan fingerprint density at radius 3 is 1.85 bits per heavy atom. The van der Waals surface area contributed by atoms with Crippen molar-refractivity contribution in [1.82, 2.24) is 0 Å². The molecule has 0 saturated carbocycles. The third-order valence-electron chi connectivity index (χ3n) is 11.5. The van der Waals surface area contributed by atoms with E-state index in [1.54, 1.807) is 0 Å². The summed E-state index contributed by atoms with van der Waals surface area (Å²) in [6, 6.07) is 68.6. The molecule has 0 bridgehead atoms. The summed E-state index contributed by atoms with van der Waals surface area (Å²) < 4.78 is 6.68. The predicted octanol–water partition coefficient (Wildman–Crippen LogP) is 15.2. The van der Waals surface area contributed by atoms with Crippen LogP contribution in [0.1, 0.15) is 0 Å². The average molecular weight is 724 g/mol. The second kappa shape index (κ2) is 12.2. The lowest BCUT2D eigenvalue weighted by atomic mass is 9.97. The Kier molecular flexibility index (Phi) is 7.11. The minimum atomic E-state index is -1.43. The van der Waals surface area contributed by atoms with Crippen molar-refractivity contribution in [3.8, 4) is 33.4 Å². The van der Waals surface area contributed by atoms with Crippen LogP contribution in [0.25, 0.3) is 76.9 Å². The number of benzene rings is 9. The Morgan fingerprint density at radius 2 is 1.05 bits per heavy atom. The average Bonchev–Trinajstić information content (AvgIpc) is 3.73. The van der Waals surface area contributed by atoms with Crippen LogP contribution in [0.15, 0.2) is 202 Å². The smallest absolute Gasteiger partial charge is 0.144 e. The maximum Gasteiger partial charge on any atom is 0.144 e. The van der Waals surface area contributed by atoms with Crippen molar-refractivity contribution in [3.63, 3.8) is 0 Å². The number of hydrogen-bond donors (Lipinski definition) is 0. The van der Waals surface area contributed by atoms with E-state index in [0.29, 0.717) is 0 Å². The molecule has 11 rings (SSSR count). The van der Waals surface area contributed by atoms with Crippen LogP contribution in [0.2, 0.25) is 0 Å². The molecule has 3 heteroatoms. The molecule has 0 aliphatic carbocycles. The van der Waals surface area contributed by atoms with Crippen LogP contribution in [0.5, 0.6) is 0 Å². The number of hydrogen-bond acceptors (Lipinski definition) is 2. The molecule has 9 aromatic carbocycles. The molecule has 2 heterocycles. The van der Waals surface area contributed by atoms with Crippen LogP contribution in [0.4, 0.5) is 17.1 Å². The van der Waals surface area contributed by atoms with Gasteiger partial charge in [0.1, 0.15) is 11.2 Å². The van der Waals surface area contributed by atoms with Gasteiger partial charge in [0.05, 0.1) is 5.69 Å². The number of rotatable bonds is 5. The Balaban J connectivity index is 1.09. The molecule has 55 heavy (non-hydrogen) atoms. The Hall–Kier alpha value is -6.55. The molecule has 1 aliphatic heterocycles. The molecule has 1 aliphatic rings. The summed E-state index contributed by atoms with van der Waals surface area (Å²) in [4.78, 5) is 5.22. The van der Waals surface area contributed by atoms with Crippen molar-refractivity contribution in [2.45, 2.75) is 9.79 Å². The van der Waals surface area contributed by atoms with Crippen LogP contribution in [-0.4, -0.2) is 12.5 Å². The molecule has 0 saturated heterocycles. The van der Waals surface area contributed by atoms with Gasteiger partial charge in [-0.3, -0.25) is 0 Å². The third-order valence-corrected chi connectivity index (χ3v) is 14.4. The fourth-order valence-corrected chi connectivity index (χ4v) is 11.6. The highest BCUT2D eigenvalue weighted by molar-refractivity contribution is 8.33. The van der Waals surface area contributed by atoms with Crippen molar-refractivity contribution in [2.75, 3.05) is 17.4 Å². The molecule has 262 valence electrons. The van der Waals surface area contributed by atoms with Gasteiger partial charge in [0, 0.05) is 43.1 Å². The fraction of sp³-hybridized carbons (Fsp3) is 0.0385. The van der Waals surface area contributed by atoms with Crippen LogP contribution in [0, 0.1) is 0 Å². The lowest BCUT2D eigenvalue weighted by Crippen LogP contribution is -2.12. The van der Waals surface area contributed by atoms with Crippen molar-refractivity contribution < 1.29 is 4.42 Å². The molecule has 0 radical (unpaired) electrons. The highest BCUT2D eigenvalue weighted by atomic mass is 32.3. The minimum absolute atomic E-state index is 0.933. The van der Waals surface area contributed by atoms with Gasteiger partial charge in [-0.1, -0.05) is 133 Å². The summed E-state index contributed by atoms with van der Waals surface area (Å²) in [5, 5.41) is 7.36. The quantitative estimate of drug-likeness (QED) is 0.176. The van der Waals surface area contributed by atoms with Gasteiger partial charge in [0.2, 0.25) is 0 Å². The molecular weight excluding hydrogens is 687 g/mol. The van der Waals surface area contributed by atoms with Crippen molar-refractivity contribution in [2.24, 2.45) is 0 Å². The molecule has 0 amide bonds. The molecule has 1 aromatic heterocycles. The largest absolute Gasteiger partial charge is 0.455 e. The first-order valence-electron chi connectivity index (χ1n) is 18.8. The highest BCUT2D eigenvalue weighted by Gasteiger charge is 2.38. The van der Waals surface area contributed by atoms with Gasteiger partial charge >= 0.3 is 0 Å². The van der Waals surface area contributed by atoms with E-state index in [-0.39, 0.29) is 0 Å². The van der Waals surface area contributed by atoms with E-state index in [9.17, 15) is 0 Å². The monoisotopic (exact) mass is 723 g/mol. The Labute approximate surface area is 322 Å². The number of anilines is 3. The van der Waals surface area contributed by atoms with Crippen LogP contribution >= 0.6 is 10.0 Å². The summed E-state index contributed by atoms with van der Waals surface area (Å²) in [6.45, 7) is 0. The zero-order valence-corrected chi connectivity index (χ0v) is 31.5. The summed E-state index contributed by atoms with van der Waals surface area (Å²) in [7, 11) is -1.43. The van der Waals surface area contributed by atoms with Gasteiger partial charge in [-0.15, -0.1) is 0 Å². The lowest BCUT2D eigenvalue weighted by Gasteiger charge is -2.35. The van der Waals surface area contributed by atoms with E-state index in [2.05, 4.69) is 205 Å². The topological polar surface area (TPSA) is 16.4 Å². The number of furan rings is 1. The van der Waals surface area contributed by atoms with Gasteiger partial charge in [0.15, 0.2) is 0 Å². The van der Waals surface area contributed by atoms with Crippen LogP contribution < -0.4 is 4.90 Å². The van der Waals surface area contributed by atoms with Crippen LogP contribution in [0.3, 0.4) is 0 Å². The van der Waals surface area contributed by atoms with E-state index in [1.165, 1.54) is 75.8 Å². The van der Waals surface area contributed by atoms with E-state index in [0.717, 1.165) is 27.9 Å². The van der Waals surface area contributed by atoms with Crippen molar-refractivity contribution in [1.29, 1.82) is 0 Å². The standard InChI is InChI=1S/C52H37NOS/c1-55(2)49-32-31-45-44-16-7-8-20-48(44)54-51(45)50(49)46-18-10-19-47(52(46)55)53(40-27-23-35(24-28-40)39-22-21-34-11-3-4-13-38(34)33-39)41-29-25-37(26-30-41)43-17-9-14-36-12-5-6-15-42(36)43/h3-33H,1-2H3. The first-order chi connectivity index (χ1) is 27.0. The summed E-state index contributed by atoms with van der Waals surface area (Å²) in [5.41, 5.74) is 12.7. The van der Waals surface area contributed by atoms with Gasteiger partial charge < -0.3 is 9.32 Å². The van der Waals surface area contributed by atoms with Gasteiger partial charge in [0.25, 0.3) is 0 Å². The maximum absolute atomic E-state index is 6.68. The normalized spacial score (nSPS) is 13.6. The number of fused-ring (bicyclic) bond motifs is 9. The maximum atomic E-state index is 6.68. The second-order valence-electron chi connectivity index (χ2n) is 14.9. The van der Waals surface area contributed by atoms with E-state index in [4.69, 9.17) is 4.42 Å². The first kappa shape index (κ1) is 31.9. The molecular formula is C52H37NOS. The van der Waals surface area contributed by atoms with Crippen molar-refractivity contribution in [3.05, 3.63) is 188 Å². The number of nitrogens with zero attached hydrogens (tertiary/aromatic N) is 1. The van der Waals surface area contributed by atoms with Gasteiger partial charge in [-0.2, -0.15) is 10.0 Å². The molecule has 0 spiro atoms. The van der Waals surface area contributed by atoms with Gasteiger partial charge in [-0.25, -0.2) is 0 Å². The van der Waals surface area contributed by atoms with E-state index in [1.807, 2.05) is 0 Å². The summed E-state index contributed by atoms with van der Waals surface area (Å²) in [5.74, 6) is 0. The first-order valence-corrected chi connectivity index (χ1v) is 21.3. The predicted molar refractivity (Wildman–Crippen MR) is 236 cm³/mol. The van der Waals surface area contributed by atoms with Crippen molar-refractivity contribution >= 4 is 70.6 Å². The lowest BCUT2D eigenvalue weighted by molar-refractivity contribution is 0.669. The zero-order chi connectivity index (χ0) is 36.7. The van der Waals surface area contributed by atoms with Crippen LogP contribution in [-0.2, 0) is 0 Å². The molecule has 0 N–H and O–H groups in total. The third kappa shape index (κ3) is 4.97. The fourth-order valence-electron chi connectivity index (χ4n) is 8.86. The SMILES string of the molecule is CS1(C)c2ccc3c(oc4ccccc43)c2-c2cccc(N(c3ccc(-c4ccc5ccccc5c4)cc3)c3ccc(-c4cccc5ccccc45)cc3)c21. The summed E-state index contributed by atoms with van der Waals surface area (Å²) >= 11 is 0. The molecule has 10 aromatic rings.